The highest BCUT2D eigenvalue weighted by molar-refractivity contribution is 5.79. The van der Waals surface area contributed by atoms with Crippen molar-refractivity contribution in [3.8, 4) is 5.75 Å². The number of hydrogen-bond donors (Lipinski definition) is 2. The number of nitrogens with zero attached hydrogens (tertiary/aromatic N) is 1. The summed E-state index contributed by atoms with van der Waals surface area (Å²) in [6, 6.07) is 12.5. The number of benzene rings is 2. The summed E-state index contributed by atoms with van der Waals surface area (Å²) < 4.78 is 40.5. The summed E-state index contributed by atoms with van der Waals surface area (Å²) in [6.45, 7) is 3.95. The Labute approximate surface area is 159 Å². The lowest BCUT2D eigenvalue weighted by Gasteiger charge is -2.20. The average Bonchev–Trinajstić information content (AvgIpc) is 3.03. The molecule has 0 aliphatic rings. The van der Waals surface area contributed by atoms with Crippen LogP contribution in [0.25, 0.3) is 11.0 Å². The zero-order chi connectivity index (χ0) is 20.3. The van der Waals surface area contributed by atoms with E-state index in [-0.39, 0.29) is 30.0 Å². The molecule has 8 heteroatoms. The Balaban J connectivity index is 1.67. The Kier molecular flexibility index (Phi) is 5.58. The molecular formula is C20H20F3N3O2. The summed E-state index contributed by atoms with van der Waals surface area (Å²) in [5, 5.41) is 2.95. The number of carbonyl (C=O) groups excluding carboxylic acids is 1. The quantitative estimate of drug-likeness (QED) is 0.649. The largest absolute Gasteiger partial charge is 0.573 e. The highest BCUT2D eigenvalue weighted by Gasteiger charge is 2.31. The van der Waals surface area contributed by atoms with Crippen LogP contribution in [0.4, 0.5) is 13.2 Å². The third-order valence-corrected chi connectivity index (χ3v) is 4.21. The van der Waals surface area contributed by atoms with E-state index >= 15 is 0 Å². The van der Waals surface area contributed by atoms with Crippen LogP contribution in [0.1, 0.15) is 31.3 Å². The lowest BCUT2D eigenvalue weighted by Crippen LogP contribution is -2.33. The van der Waals surface area contributed by atoms with Gasteiger partial charge in [-0.3, -0.25) is 4.79 Å². The minimum absolute atomic E-state index is 0.0374. The third-order valence-electron chi connectivity index (χ3n) is 4.21. The van der Waals surface area contributed by atoms with Crippen LogP contribution >= 0.6 is 0 Å². The van der Waals surface area contributed by atoms with Gasteiger partial charge in [0.15, 0.2) is 0 Å². The first-order valence-electron chi connectivity index (χ1n) is 8.80. The SMILES string of the molecule is CC(C)[C@H](NC(=O)Cc1ccc(OC(F)(F)F)cc1)c1nc2ccccc2[nH]1. The predicted octanol–water partition coefficient (Wildman–Crippen LogP) is 4.52. The van der Waals surface area contributed by atoms with Crippen molar-refractivity contribution in [2.45, 2.75) is 32.7 Å². The van der Waals surface area contributed by atoms with Gasteiger partial charge in [0.25, 0.3) is 0 Å². The molecule has 28 heavy (non-hydrogen) atoms. The molecule has 0 spiro atoms. The van der Waals surface area contributed by atoms with Crippen LogP contribution in [0.3, 0.4) is 0 Å². The Bertz CT molecular complexity index is 916. The smallest absolute Gasteiger partial charge is 0.406 e. The maximum absolute atomic E-state index is 12.5. The second kappa shape index (κ2) is 7.92. The van der Waals surface area contributed by atoms with Crippen molar-refractivity contribution in [3.05, 3.63) is 59.9 Å². The van der Waals surface area contributed by atoms with Gasteiger partial charge in [-0.2, -0.15) is 0 Å². The van der Waals surface area contributed by atoms with Crippen molar-refractivity contribution >= 4 is 16.9 Å². The summed E-state index contributed by atoms with van der Waals surface area (Å²) in [5.74, 6) is 0.188. The number of rotatable bonds is 6. The van der Waals surface area contributed by atoms with Crippen LogP contribution in [0.5, 0.6) is 5.75 Å². The van der Waals surface area contributed by atoms with Gasteiger partial charge in [-0.05, 0) is 35.7 Å². The monoisotopic (exact) mass is 391 g/mol. The molecule has 0 bridgehead atoms. The Hall–Kier alpha value is -3.03. The van der Waals surface area contributed by atoms with E-state index in [2.05, 4.69) is 20.0 Å². The number of hydrogen-bond acceptors (Lipinski definition) is 3. The zero-order valence-corrected chi connectivity index (χ0v) is 15.4. The van der Waals surface area contributed by atoms with Crippen molar-refractivity contribution in [3.63, 3.8) is 0 Å². The van der Waals surface area contributed by atoms with Gasteiger partial charge < -0.3 is 15.0 Å². The van der Waals surface area contributed by atoms with Gasteiger partial charge in [-0.1, -0.05) is 38.1 Å². The number of amides is 1. The van der Waals surface area contributed by atoms with E-state index in [9.17, 15) is 18.0 Å². The number of carbonyl (C=O) groups is 1. The van der Waals surface area contributed by atoms with Crippen molar-refractivity contribution < 1.29 is 22.7 Å². The fraction of sp³-hybridized carbons (Fsp3) is 0.300. The topological polar surface area (TPSA) is 67.0 Å². The molecule has 5 nitrogen and oxygen atoms in total. The van der Waals surface area contributed by atoms with E-state index in [1.807, 2.05) is 38.1 Å². The number of imidazole rings is 1. The van der Waals surface area contributed by atoms with Crippen LogP contribution in [-0.4, -0.2) is 22.2 Å². The molecule has 2 N–H and O–H groups in total. The molecule has 0 saturated heterocycles. The predicted molar refractivity (Wildman–Crippen MR) is 98.6 cm³/mol. The molecule has 0 unspecified atom stereocenters. The third kappa shape index (κ3) is 5.03. The van der Waals surface area contributed by atoms with E-state index in [4.69, 9.17) is 0 Å². The second-order valence-electron chi connectivity index (χ2n) is 6.80. The van der Waals surface area contributed by atoms with Crippen molar-refractivity contribution in [1.29, 1.82) is 0 Å². The molecule has 3 aromatic rings. The van der Waals surface area contributed by atoms with E-state index in [0.29, 0.717) is 11.4 Å². The lowest BCUT2D eigenvalue weighted by molar-refractivity contribution is -0.274. The zero-order valence-electron chi connectivity index (χ0n) is 15.4. The summed E-state index contributed by atoms with van der Waals surface area (Å²) in [7, 11) is 0. The molecule has 0 fully saturated rings. The number of aromatic amines is 1. The Morgan fingerprint density at radius 2 is 1.82 bits per heavy atom. The summed E-state index contributed by atoms with van der Waals surface area (Å²) in [6.07, 6.45) is -4.70. The van der Waals surface area contributed by atoms with Crippen LogP contribution in [0, 0.1) is 5.92 Å². The van der Waals surface area contributed by atoms with Crippen molar-refractivity contribution in [2.75, 3.05) is 0 Å². The molecule has 3 rings (SSSR count). The van der Waals surface area contributed by atoms with Crippen molar-refractivity contribution in [1.82, 2.24) is 15.3 Å². The molecule has 0 saturated carbocycles. The number of ether oxygens (including phenoxy) is 1. The summed E-state index contributed by atoms with van der Waals surface area (Å²) in [4.78, 5) is 20.2. The first kappa shape index (κ1) is 19.7. The first-order valence-corrected chi connectivity index (χ1v) is 8.80. The number of nitrogens with one attached hydrogen (secondary N) is 2. The maximum Gasteiger partial charge on any atom is 0.573 e. The Morgan fingerprint density at radius 3 is 2.43 bits per heavy atom. The number of aromatic nitrogens is 2. The molecular weight excluding hydrogens is 371 g/mol. The summed E-state index contributed by atoms with van der Waals surface area (Å²) >= 11 is 0. The fourth-order valence-electron chi connectivity index (χ4n) is 2.89. The minimum atomic E-state index is -4.74. The first-order chi connectivity index (χ1) is 13.2. The van der Waals surface area contributed by atoms with Gasteiger partial charge >= 0.3 is 6.36 Å². The van der Waals surface area contributed by atoms with Gasteiger partial charge in [0, 0.05) is 0 Å². The van der Waals surface area contributed by atoms with Gasteiger partial charge in [0.2, 0.25) is 5.91 Å². The molecule has 0 aliphatic heterocycles. The van der Waals surface area contributed by atoms with Crippen LogP contribution in [0.2, 0.25) is 0 Å². The molecule has 2 aromatic carbocycles. The van der Waals surface area contributed by atoms with E-state index in [0.717, 1.165) is 11.0 Å². The number of fused-ring (bicyclic) bond motifs is 1. The molecule has 0 radical (unpaired) electrons. The Morgan fingerprint density at radius 1 is 1.14 bits per heavy atom. The highest BCUT2D eigenvalue weighted by atomic mass is 19.4. The fourth-order valence-corrected chi connectivity index (χ4v) is 2.89. The number of H-pyrrole nitrogens is 1. The second-order valence-corrected chi connectivity index (χ2v) is 6.80. The molecule has 1 heterocycles. The van der Waals surface area contributed by atoms with Gasteiger partial charge in [-0.15, -0.1) is 13.2 Å². The van der Waals surface area contributed by atoms with E-state index in [1.54, 1.807) is 0 Å². The summed E-state index contributed by atoms with van der Waals surface area (Å²) in [5.41, 5.74) is 2.29. The van der Waals surface area contributed by atoms with Gasteiger partial charge in [-0.25, -0.2) is 4.98 Å². The standard InChI is InChI=1S/C20H20F3N3O2/c1-12(2)18(19-24-15-5-3-4-6-16(15)25-19)26-17(27)11-13-7-9-14(10-8-13)28-20(21,22)23/h3-10,12,18H,11H2,1-2H3,(H,24,25)(H,26,27)/t18-/m0/s1. The number of halogens is 3. The normalized spacial score (nSPS) is 12.9. The number of para-hydroxylation sites is 2. The molecule has 148 valence electrons. The van der Waals surface area contributed by atoms with Crippen LogP contribution in [0.15, 0.2) is 48.5 Å². The average molecular weight is 391 g/mol. The van der Waals surface area contributed by atoms with Gasteiger partial charge in [0.1, 0.15) is 11.6 Å². The van der Waals surface area contributed by atoms with Gasteiger partial charge in [0.05, 0.1) is 23.5 Å². The van der Waals surface area contributed by atoms with E-state index in [1.165, 1.54) is 24.3 Å². The molecule has 0 aliphatic carbocycles. The number of alkyl halides is 3. The van der Waals surface area contributed by atoms with Crippen LogP contribution in [-0.2, 0) is 11.2 Å². The lowest BCUT2D eigenvalue weighted by atomic mass is 10.0. The van der Waals surface area contributed by atoms with E-state index < -0.39 is 6.36 Å². The maximum atomic E-state index is 12.5. The molecule has 1 atom stereocenters. The highest BCUT2D eigenvalue weighted by Crippen LogP contribution is 2.24. The minimum Gasteiger partial charge on any atom is -0.406 e. The van der Waals surface area contributed by atoms with Crippen molar-refractivity contribution in [2.24, 2.45) is 5.92 Å². The molecule has 1 amide bonds. The molecule has 1 aromatic heterocycles. The van der Waals surface area contributed by atoms with Crippen LogP contribution < -0.4 is 10.1 Å².